The summed E-state index contributed by atoms with van der Waals surface area (Å²) in [6.45, 7) is 8.90. The first-order valence-corrected chi connectivity index (χ1v) is 9.17. The molecule has 1 aromatic heterocycles. The van der Waals surface area contributed by atoms with Crippen LogP contribution in [-0.2, 0) is 6.54 Å². The molecule has 0 radical (unpaired) electrons. The monoisotopic (exact) mass is 346 g/mol. The second-order valence-corrected chi connectivity index (χ2v) is 6.30. The first-order valence-electron chi connectivity index (χ1n) is 9.17. The highest BCUT2D eigenvalue weighted by molar-refractivity contribution is 5.61. The molecule has 0 atom stereocenters. The topological polar surface area (TPSA) is 32.3 Å². The third kappa shape index (κ3) is 4.20. The van der Waals surface area contributed by atoms with Gasteiger partial charge in [-0.15, -0.1) is 0 Å². The van der Waals surface area contributed by atoms with E-state index in [2.05, 4.69) is 84.1 Å². The smallest absolute Gasteiger partial charge is 0.227 e. The van der Waals surface area contributed by atoms with E-state index >= 15 is 0 Å². The summed E-state index contributed by atoms with van der Waals surface area (Å²) in [4.78, 5) is 13.8. The van der Waals surface area contributed by atoms with Gasteiger partial charge in [0.1, 0.15) is 5.82 Å². The van der Waals surface area contributed by atoms with Crippen molar-refractivity contribution in [2.75, 3.05) is 22.9 Å². The largest absolute Gasteiger partial charge is 0.337 e. The normalized spacial score (nSPS) is 10.6. The molecule has 0 aliphatic rings. The molecule has 0 saturated heterocycles. The lowest BCUT2D eigenvalue weighted by molar-refractivity contribution is 0.788. The molecule has 0 amide bonds. The Balaban J connectivity index is 1.88. The lowest BCUT2D eigenvalue weighted by atomic mass is 10.2. The van der Waals surface area contributed by atoms with Gasteiger partial charge in [-0.2, -0.15) is 4.98 Å². The van der Waals surface area contributed by atoms with Gasteiger partial charge in [-0.1, -0.05) is 42.5 Å². The number of rotatable bonds is 7. The number of aryl methyl sites for hydroxylation is 1. The van der Waals surface area contributed by atoms with E-state index in [-0.39, 0.29) is 0 Å². The van der Waals surface area contributed by atoms with Gasteiger partial charge >= 0.3 is 0 Å². The maximum absolute atomic E-state index is 4.86. The van der Waals surface area contributed by atoms with Crippen LogP contribution in [0.1, 0.15) is 25.0 Å². The molecule has 0 aliphatic heterocycles. The average Bonchev–Trinajstić information content (AvgIpc) is 2.68. The van der Waals surface area contributed by atoms with E-state index in [1.807, 2.05) is 18.3 Å². The Hall–Kier alpha value is -2.88. The summed E-state index contributed by atoms with van der Waals surface area (Å²) in [5.74, 6) is 1.69. The predicted octanol–water partition coefficient (Wildman–Crippen LogP) is 4.97. The van der Waals surface area contributed by atoms with Crippen molar-refractivity contribution in [2.45, 2.75) is 27.3 Å². The number of hydrogen-bond acceptors (Lipinski definition) is 4. The molecule has 0 unspecified atom stereocenters. The summed E-state index contributed by atoms with van der Waals surface area (Å²) in [7, 11) is 0. The van der Waals surface area contributed by atoms with E-state index in [9.17, 15) is 0 Å². The van der Waals surface area contributed by atoms with E-state index in [1.54, 1.807) is 0 Å². The van der Waals surface area contributed by atoms with Crippen molar-refractivity contribution in [3.8, 4) is 0 Å². The summed E-state index contributed by atoms with van der Waals surface area (Å²) < 4.78 is 0. The SMILES string of the molecule is CCN(Cc1ccccc1)c1nccc(N(CC)c2cccc(C)c2)n1. The molecule has 0 fully saturated rings. The molecule has 3 rings (SSSR count). The molecule has 0 spiro atoms. The molecule has 26 heavy (non-hydrogen) atoms. The van der Waals surface area contributed by atoms with Crippen molar-refractivity contribution in [2.24, 2.45) is 0 Å². The van der Waals surface area contributed by atoms with E-state index in [1.165, 1.54) is 11.1 Å². The Morgan fingerprint density at radius 2 is 1.69 bits per heavy atom. The summed E-state index contributed by atoms with van der Waals surface area (Å²) in [6, 6.07) is 20.9. The minimum Gasteiger partial charge on any atom is -0.337 e. The van der Waals surface area contributed by atoms with Crippen LogP contribution >= 0.6 is 0 Å². The zero-order chi connectivity index (χ0) is 18.4. The zero-order valence-electron chi connectivity index (χ0n) is 15.8. The van der Waals surface area contributed by atoms with Crippen LogP contribution in [0.5, 0.6) is 0 Å². The average molecular weight is 346 g/mol. The fourth-order valence-electron chi connectivity index (χ4n) is 3.04. The van der Waals surface area contributed by atoms with Gasteiger partial charge in [-0.25, -0.2) is 4.98 Å². The predicted molar refractivity (Wildman–Crippen MR) is 109 cm³/mol. The van der Waals surface area contributed by atoms with Crippen LogP contribution in [0.25, 0.3) is 0 Å². The maximum Gasteiger partial charge on any atom is 0.227 e. The van der Waals surface area contributed by atoms with Crippen LogP contribution in [0.4, 0.5) is 17.5 Å². The molecule has 4 heteroatoms. The van der Waals surface area contributed by atoms with Crippen LogP contribution in [0.3, 0.4) is 0 Å². The second-order valence-electron chi connectivity index (χ2n) is 6.30. The third-order valence-electron chi connectivity index (χ3n) is 4.42. The molecule has 134 valence electrons. The minimum atomic E-state index is 0.764. The van der Waals surface area contributed by atoms with Gasteiger partial charge in [0.15, 0.2) is 0 Å². The number of anilines is 3. The Labute approximate surface area is 156 Å². The van der Waals surface area contributed by atoms with E-state index < -0.39 is 0 Å². The fourth-order valence-corrected chi connectivity index (χ4v) is 3.04. The van der Waals surface area contributed by atoms with Crippen molar-refractivity contribution in [1.29, 1.82) is 0 Å². The van der Waals surface area contributed by atoms with E-state index in [0.717, 1.165) is 37.1 Å². The van der Waals surface area contributed by atoms with Crippen molar-refractivity contribution in [3.63, 3.8) is 0 Å². The molecule has 1 heterocycles. The van der Waals surface area contributed by atoms with Crippen molar-refractivity contribution < 1.29 is 0 Å². The van der Waals surface area contributed by atoms with Gasteiger partial charge in [0.05, 0.1) is 0 Å². The van der Waals surface area contributed by atoms with Crippen LogP contribution in [0.2, 0.25) is 0 Å². The Bertz CT molecular complexity index is 832. The van der Waals surface area contributed by atoms with Gasteiger partial charge in [0, 0.05) is 31.5 Å². The third-order valence-corrected chi connectivity index (χ3v) is 4.42. The van der Waals surface area contributed by atoms with Gasteiger partial charge in [-0.05, 0) is 50.1 Å². The van der Waals surface area contributed by atoms with Crippen molar-refractivity contribution in [3.05, 3.63) is 78.0 Å². The van der Waals surface area contributed by atoms with Crippen LogP contribution in [-0.4, -0.2) is 23.1 Å². The molecule has 2 aromatic carbocycles. The van der Waals surface area contributed by atoms with Crippen LogP contribution in [0.15, 0.2) is 66.9 Å². The summed E-state index contributed by atoms with van der Waals surface area (Å²) in [5, 5.41) is 0. The van der Waals surface area contributed by atoms with Crippen molar-refractivity contribution >= 4 is 17.5 Å². The molecule has 4 nitrogen and oxygen atoms in total. The maximum atomic E-state index is 4.86. The number of hydrogen-bond donors (Lipinski definition) is 0. The lowest BCUT2D eigenvalue weighted by Gasteiger charge is -2.25. The second kappa shape index (κ2) is 8.48. The number of aromatic nitrogens is 2. The first kappa shape index (κ1) is 17.9. The molecule has 3 aromatic rings. The highest BCUT2D eigenvalue weighted by Gasteiger charge is 2.13. The quantitative estimate of drug-likeness (QED) is 0.604. The van der Waals surface area contributed by atoms with Gasteiger partial charge < -0.3 is 9.80 Å². The zero-order valence-corrected chi connectivity index (χ0v) is 15.8. The van der Waals surface area contributed by atoms with E-state index in [0.29, 0.717) is 0 Å². The fraction of sp³-hybridized carbons (Fsp3) is 0.273. The standard InChI is InChI=1S/C22H26N4/c1-4-25(17-19-11-7-6-8-12-19)22-23-15-14-21(24-22)26(5-2)20-13-9-10-18(3)16-20/h6-16H,4-5,17H2,1-3H3. The lowest BCUT2D eigenvalue weighted by Crippen LogP contribution is -2.25. The highest BCUT2D eigenvalue weighted by Crippen LogP contribution is 2.25. The van der Waals surface area contributed by atoms with Crippen LogP contribution in [0, 0.1) is 6.92 Å². The number of nitrogens with zero attached hydrogens (tertiary/aromatic N) is 4. The molecule has 0 bridgehead atoms. The molecule has 0 N–H and O–H groups in total. The Morgan fingerprint density at radius 1 is 0.885 bits per heavy atom. The van der Waals surface area contributed by atoms with Crippen molar-refractivity contribution in [1.82, 2.24) is 9.97 Å². The van der Waals surface area contributed by atoms with Gasteiger partial charge in [0.2, 0.25) is 5.95 Å². The van der Waals surface area contributed by atoms with E-state index in [4.69, 9.17) is 4.98 Å². The summed E-state index contributed by atoms with van der Waals surface area (Å²) in [5.41, 5.74) is 3.66. The molecular formula is C22H26N4. The van der Waals surface area contributed by atoms with Gasteiger partial charge in [0.25, 0.3) is 0 Å². The highest BCUT2D eigenvalue weighted by atomic mass is 15.3. The molecule has 0 saturated carbocycles. The van der Waals surface area contributed by atoms with Crippen LogP contribution < -0.4 is 9.80 Å². The number of benzene rings is 2. The minimum absolute atomic E-state index is 0.764. The molecular weight excluding hydrogens is 320 g/mol. The summed E-state index contributed by atoms with van der Waals surface area (Å²) in [6.07, 6.45) is 1.85. The summed E-state index contributed by atoms with van der Waals surface area (Å²) >= 11 is 0. The Kier molecular flexibility index (Phi) is 5.84. The Morgan fingerprint density at radius 3 is 2.38 bits per heavy atom. The molecule has 0 aliphatic carbocycles. The first-order chi connectivity index (χ1) is 12.7. The van der Waals surface area contributed by atoms with Gasteiger partial charge in [-0.3, -0.25) is 0 Å².